The van der Waals surface area contributed by atoms with Gasteiger partial charge in [0, 0.05) is 45.2 Å². The molecule has 1 aromatic carbocycles. The third kappa shape index (κ3) is 6.71. The van der Waals surface area contributed by atoms with Gasteiger partial charge >= 0.3 is 0 Å². The van der Waals surface area contributed by atoms with Crippen LogP contribution in [0.2, 0.25) is 5.02 Å². The van der Waals surface area contributed by atoms with Gasteiger partial charge in [-0.15, -0.1) is 10.2 Å². The number of nitrogens with one attached hydrogen (secondary N) is 1. The Labute approximate surface area is 177 Å². The molecule has 1 aromatic heterocycles. The van der Waals surface area contributed by atoms with Crippen molar-refractivity contribution in [2.45, 2.75) is 44.9 Å². The normalized spacial score (nSPS) is 11.9. The van der Waals surface area contributed by atoms with Crippen LogP contribution in [0.5, 0.6) is 0 Å². The molecule has 0 aliphatic heterocycles. The van der Waals surface area contributed by atoms with E-state index in [9.17, 15) is 0 Å². The molecule has 8 heteroatoms. The van der Waals surface area contributed by atoms with Crippen molar-refractivity contribution < 1.29 is 0 Å². The number of guanidine groups is 1. The van der Waals surface area contributed by atoms with Gasteiger partial charge in [0.25, 0.3) is 0 Å². The molecule has 0 amide bonds. The molecule has 0 spiro atoms. The summed E-state index contributed by atoms with van der Waals surface area (Å²) < 4.78 is 2.25. The summed E-state index contributed by atoms with van der Waals surface area (Å²) in [4.78, 5) is 6.48. The van der Waals surface area contributed by atoms with E-state index in [4.69, 9.17) is 11.6 Å². The molecule has 2 rings (SSSR count). The summed E-state index contributed by atoms with van der Waals surface area (Å²) in [6, 6.07) is 7.91. The molecular formula is C20H31ClN6S. The summed E-state index contributed by atoms with van der Waals surface area (Å²) in [5.41, 5.74) is 1.16. The van der Waals surface area contributed by atoms with Crippen molar-refractivity contribution in [3.8, 4) is 0 Å². The first-order chi connectivity index (χ1) is 13.4. The van der Waals surface area contributed by atoms with Crippen LogP contribution in [0.25, 0.3) is 0 Å². The number of rotatable bonds is 9. The van der Waals surface area contributed by atoms with Crippen LogP contribution in [0.4, 0.5) is 0 Å². The maximum Gasteiger partial charge on any atom is 0.193 e. The van der Waals surface area contributed by atoms with Crippen molar-refractivity contribution in [3.05, 3.63) is 40.7 Å². The molecule has 0 fully saturated rings. The second kappa shape index (κ2) is 11.3. The van der Waals surface area contributed by atoms with Gasteiger partial charge in [0.1, 0.15) is 5.82 Å². The van der Waals surface area contributed by atoms with Gasteiger partial charge in [0.05, 0.1) is 0 Å². The van der Waals surface area contributed by atoms with Gasteiger partial charge in [-0.1, -0.05) is 49.3 Å². The molecule has 28 heavy (non-hydrogen) atoms. The molecule has 6 nitrogen and oxygen atoms in total. The number of halogens is 1. The van der Waals surface area contributed by atoms with Gasteiger partial charge in [0.15, 0.2) is 11.1 Å². The zero-order valence-electron chi connectivity index (χ0n) is 17.4. The maximum atomic E-state index is 6.08. The Morgan fingerprint density at radius 2 is 2.14 bits per heavy atom. The summed E-state index contributed by atoms with van der Waals surface area (Å²) >= 11 is 7.73. The van der Waals surface area contributed by atoms with Gasteiger partial charge < -0.3 is 14.8 Å². The SMILES string of the molecule is CN=C(NCCCc1nnc(SC)n1CC(C)C)N(C)Cc1cccc(Cl)c1. The standard InChI is InChI=1S/C20H31ClN6S/c1-15(2)13-27-18(24-25-20(27)28-5)10-7-11-23-19(22-3)26(4)14-16-8-6-9-17(21)12-16/h6,8-9,12,15H,7,10-11,13-14H2,1-5H3,(H,22,23). The van der Waals surface area contributed by atoms with Gasteiger partial charge in [-0.3, -0.25) is 4.99 Å². The zero-order valence-corrected chi connectivity index (χ0v) is 19.0. The Balaban J connectivity index is 1.85. The highest BCUT2D eigenvalue weighted by Gasteiger charge is 2.13. The number of benzene rings is 1. The van der Waals surface area contributed by atoms with Crippen LogP contribution in [0, 0.1) is 5.92 Å². The Kier molecular flexibility index (Phi) is 9.12. The van der Waals surface area contributed by atoms with Crippen molar-refractivity contribution in [2.24, 2.45) is 10.9 Å². The molecule has 0 saturated carbocycles. The molecule has 0 aliphatic carbocycles. The maximum absolute atomic E-state index is 6.08. The summed E-state index contributed by atoms with van der Waals surface area (Å²) in [6.07, 6.45) is 3.91. The minimum Gasteiger partial charge on any atom is -0.356 e. The van der Waals surface area contributed by atoms with Crippen molar-refractivity contribution in [1.29, 1.82) is 0 Å². The Morgan fingerprint density at radius 1 is 1.36 bits per heavy atom. The smallest absolute Gasteiger partial charge is 0.193 e. The number of thioether (sulfide) groups is 1. The minimum absolute atomic E-state index is 0.567. The number of nitrogens with zero attached hydrogens (tertiary/aromatic N) is 5. The fraction of sp³-hybridized carbons (Fsp3) is 0.550. The quantitative estimate of drug-likeness (QED) is 0.287. The summed E-state index contributed by atoms with van der Waals surface area (Å²) in [5, 5.41) is 13.9. The molecule has 0 saturated heterocycles. The lowest BCUT2D eigenvalue weighted by Crippen LogP contribution is -2.39. The minimum atomic E-state index is 0.567. The number of aryl methyl sites for hydroxylation is 1. The van der Waals surface area contributed by atoms with E-state index in [1.165, 1.54) is 0 Å². The first-order valence-corrected chi connectivity index (χ1v) is 11.2. The highest BCUT2D eigenvalue weighted by molar-refractivity contribution is 7.98. The number of aliphatic imine (C=N–C) groups is 1. The molecule has 2 aromatic rings. The van der Waals surface area contributed by atoms with E-state index in [0.29, 0.717) is 5.92 Å². The molecule has 1 heterocycles. The third-order valence-electron chi connectivity index (χ3n) is 4.27. The zero-order chi connectivity index (χ0) is 20.5. The molecule has 0 radical (unpaired) electrons. The van der Waals surface area contributed by atoms with Gasteiger partial charge in [-0.2, -0.15) is 0 Å². The molecule has 0 unspecified atom stereocenters. The van der Waals surface area contributed by atoms with E-state index >= 15 is 0 Å². The van der Waals surface area contributed by atoms with Crippen LogP contribution in [0.15, 0.2) is 34.4 Å². The van der Waals surface area contributed by atoms with Crippen LogP contribution < -0.4 is 5.32 Å². The van der Waals surface area contributed by atoms with Crippen molar-refractivity contribution in [2.75, 3.05) is 26.9 Å². The van der Waals surface area contributed by atoms with E-state index < -0.39 is 0 Å². The van der Waals surface area contributed by atoms with Crippen molar-refractivity contribution >= 4 is 29.3 Å². The fourth-order valence-electron chi connectivity index (χ4n) is 3.02. The monoisotopic (exact) mass is 422 g/mol. The second-order valence-electron chi connectivity index (χ2n) is 7.17. The summed E-state index contributed by atoms with van der Waals surface area (Å²) in [6.45, 7) is 6.97. The average Bonchev–Trinajstić information content (AvgIpc) is 3.02. The molecule has 0 bridgehead atoms. The Hall–Kier alpha value is -1.73. The lowest BCUT2D eigenvalue weighted by atomic mass is 10.2. The number of hydrogen-bond donors (Lipinski definition) is 1. The summed E-state index contributed by atoms with van der Waals surface area (Å²) in [5.74, 6) is 2.49. The van der Waals surface area contributed by atoms with Crippen LogP contribution in [-0.4, -0.2) is 52.5 Å². The Morgan fingerprint density at radius 3 is 2.79 bits per heavy atom. The first-order valence-electron chi connectivity index (χ1n) is 9.56. The fourth-order valence-corrected chi connectivity index (χ4v) is 3.75. The lowest BCUT2D eigenvalue weighted by molar-refractivity contribution is 0.469. The average molecular weight is 423 g/mol. The molecular weight excluding hydrogens is 392 g/mol. The highest BCUT2D eigenvalue weighted by Crippen LogP contribution is 2.17. The predicted octanol–water partition coefficient (Wildman–Crippen LogP) is 3.95. The van der Waals surface area contributed by atoms with E-state index in [2.05, 4.69) is 49.9 Å². The van der Waals surface area contributed by atoms with Crippen LogP contribution >= 0.6 is 23.4 Å². The first kappa shape index (κ1) is 22.6. The van der Waals surface area contributed by atoms with Crippen LogP contribution in [-0.2, 0) is 19.5 Å². The van der Waals surface area contributed by atoms with E-state index in [1.54, 1.807) is 18.8 Å². The van der Waals surface area contributed by atoms with Crippen molar-refractivity contribution in [3.63, 3.8) is 0 Å². The van der Waals surface area contributed by atoms with Crippen LogP contribution in [0.3, 0.4) is 0 Å². The molecule has 154 valence electrons. The number of aromatic nitrogens is 3. The van der Waals surface area contributed by atoms with Gasteiger partial charge in [-0.25, -0.2) is 0 Å². The van der Waals surface area contributed by atoms with Gasteiger partial charge in [-0.05, 0) is 36.3 Å². The molecule has 1 N–H and O–H groups in total. The van der Waals surface area contributed by atoms with Gasteiger partial charge in [0.2, 0.25) is 0 Å². The topological polar surface area (TPSA) is 58.3 Å². The highest BCUT2D eigenvalue weighted by atomic mass is 35.5. The van der Waals surface area contributed by atoms with Crippen molar-refractivity contribution in [1.82, 2.24) is 25.0 Å². The molecule has 0 atom stereocenters. The number of hydrogen-bond acceptors (Lipinski definition) is 4. The van der Waals surface area contributed by atoms with Crippen LogP contribution in [0.1, 0.15) is 31.7 Å². The largest absolute Gasteiger partial charge is 0.356 e. The van der Waals surface area contributed by atoms with E-state index in [0.717, 1.165) is 60.0 Å². The lowest BCUT2D eigenvalue weighted by Gasteiger charge is -2.22. The second-order valence-corrected chi connectivity index (χ2v) is 8.38. The predicted molar refractivity (Wildman–Crippen MR) is 119 cm³/mol. The third-order valence-corrected chi connectivity index (χ3v) is 5.17. The summed E-state index contributed by atoms with van der Waals surface area (Å²) in [7, 11) is 3.83. The molecule has 0 aliphatic rings. The van der Waals surface area contributed by atoms with E-state index in [-0.39, 0.29) is 0 Å². The Bertz CT molecular complexity index is 774. The van der Waals surface area contributed by atoms with E-state index in [1.807, 2.05) is 31.5 Å².